The van der Waals surface area contributed by atoms with Gasteiger partial charge in [0, 0.05) is 5.41 Å². The van der Waals surface area contributed by atoms with Crippen LogP contribution in [0.3, 0.4) is 0 Å². The standard InChI is InChI=1S/C9H18O3/c1-4-6-9(3,5-2)7(10)8(11)12-6/h6-8,10-11H,4-5H2,1-3H3/t6?,7-,8?,9-/m1/s1. The number of hydrogen-bond donors (Lipinski definition) is 2. The molecule has 0 aromatic heterocycles. The summed E-state index contributed by atoms with van der Waals surface area (Å²) in [7, 11) is 0. The van der Waals surface area contributed by atoms with Gasteiger partial charge in [0.15, 0.2) is 6.29 Å². The van der Waals surface area contributed by atoms with E-state index in [1.807, 2.05) is 20.8 Å². The largest absolute Gasteiger partial charge is 0.387 e. The van der Waals surface area contributed by atoms with Crippen molar-refractivity contribution in [2.75, 3.05) is 0 Å². The Balaban J connectivity index is 2.80. The van der Waals surface area contributed by atoms with Crippen LogP contribution in [0, 0.1) is 5.41 Å². The van der Waals surface area contributed by atoms with E-state index in [0.29, 0.717) is 0 Å². The maximum atomic E-state index is 9.64. The first-order valence-electron chi connectivity index (χ1n) is 4.57. The predicted molar refractivity (Wildman–Crippen MR) is 45.6 cm³/mol. The molecule has 0 aromatic rings. The van der Waals surface area contributed by atoms with E-state index in [2.05, 4.69) is 0 Å². The molecule has 4 atom stereocenters. The Morgan fingerprint density at radius 3 is 2.25 bits per heavy atom. The smallest absolute Gasteiger partial charge is 0.181 e. The molecule has 0 radical (unpaired) electrons. The van der Waals surface area contributed by atoms with Crippen molar-refractivity contribution in [1.82, 2.24) is 0 Å². The van der Waals surface area contributed by atoms with Crippen molar-refractivity contribution in [3.63, 3.8) is 0 Å². The topological polar surface area (TPSA) is 49.7 Å². The molecule has 0 saturated carbocycles. The Morgan fingerprint density at radius 2 is 1.92 bits per heavy atom. The minimum absolute atomic E-state index is 0.0208. The second-order valence-electron chi connectivity index (χ2n) is 3.73. The first-order valence-corrected chi connectivity index (χ1v) is 4.57. The molecule has 3 nitrogen and oxygen atoms in total. The molecule has 1 aliphatic heterocycles. The summed E-state index contributed by atoms with van der Waals surface area (Å²) in [6, 6.07) is 0. The van der Waals surface area contributed by atoms with Crippen LogP contribution in [0.15, 0.2) is 0 Å². The average Bonchev–Trinajstić information content (AvgIpc) is 2.30. The molecule has 1 fully saturated rings. The lowest BCUT2D eigenvalue weighted by atomic mass is 9.77. The fourth-order valence-electron chi connectivity index (χ4n) is 1.91. The predicted octanol–water partition coefficient (Wildman–Crippen LogP) is 0.891. The summed E-state index contributed by atoms with van der Waals surface area (Å²) >= 11 is 0. The van der Waals surface area contributed by atoms with E-state index in [1.54, 1.807) is 0 Å². The zero-order chi connectivity index (χ0) is 9.35. The third-order valence-corrected chi connectivity index (χ3v) is 3.12. The molecule has 0 bridgehead atoms. The van der Waals surface area contributed by atoms with Crippen molar-refractivity contribution in [2.45, 2.75) is 52.1 Å². The molecular weight excluding hydrogens is 156 g/mol. The van der Waals surface area contributed by atoms with E-state index >= 15 is 0 Å². The molecule has 0 spiro atoms. The van der Waals surface area contributed by atoms with Gasteiger partial charge in [0.2, 0.25) is 0 Å². The van der Waals surface area contributed by atoms with Crippen molar-refractivity contribution in [2.24, 2.45) is 5.41 Å². The van der Waals surface area contributed by atoms with Gasteiger partial charge in [-0.25, -0.2) is 0 Å². The van der Waals surface area contributed by atoms with Crippen LogP contribution in [0.4, 0.5) is 0 Å². The highest BCUT2D eigenvalue weighted by Gasteiger charge is 2.50. The summed E-state index contributed by atoms with van der Waals surface area (Å²) in [6.45, 7) is 5.97. The summed E-state index contributed by atoms with van der Waals surface area (Å²) in [5, 5.41) is 18.9. The maximum Gasteiger partial charge on any atom is 0.181 e. The van der Waals surface area contributed by atoms with E-state index in [1.165, 1.54) is 0 Å². The Morgan fingerprint density at radius 1 is 1.33 bits per heavy atom. The van der Waals surface area contributed by atoms with Crippen LogP contribution < -0.4 is 0 Å². The summed E-state index contributed by atoms with van der Waals surface area (Å²) in [5.74, 6) is 0. The van der Waals surface area contributed by atoms with Crippen LogP contribution in [0.5, 0.6) is 0 Å². The van der Waals surface area contributed by atoms with Gasteiger partial charge in [-0.1, -0.05) is 20.8 Å². The van der Waals surface area contributed by atoms with Crippen LogP contribution in [0.25, 0.3) is 0 Å². The number of hydrogen-bond acceptors (Lipinski definition) is 3. The van der Waals surface area contributed by atoms with Gasteiger partial charge in [-0.05, 0) is 12.8 Å². The van der Waals surface area contributed by atoms with E-state index in [0.717, 1.165) is 12.8 Å². The highest BCUT2D eigenvalue weighted by molar-refractivity contribution is 4.95. The van der Waals surface area contributed by atoms with Crippen LogP contribution in [0.2, 0.25) is 0 Å². The van der Waals surface area contributed by atoms with Crippen LogP contribution in [-0.2, 0) is 4.74 Å². The third-order valence-electron chi connectivity index (χ3n) is 3.12. The molecule has 0 aliphatic carbocycles. The number of aliphatic hydroxyl groups is 2. The fraction of sp³-hybridized carbons (Fsp3) is 1.00. The molecule has 12 heavy (non-hydrogen) atoms. The van der Waals surface area contributed by atoms with Crippen molar-refractivity contribution < 1.29 is 14.9 Å². The van der Waals surface area contributed by atoms with Crippen LogP contribution in [0.1, 0.15) is 33.6 Å². The van der Waals surface area contributed by atoms with Crippen LogP contribution >= 0.6 is 0 Å². The fourth-order valence-corrected chi connectivity index (χ4v) is 1.91. The number of rotatable bonds is 2. The Kier molecular flexibility index (Phi) is 2.76. The van der Waals surface area contributed by atoms with E-state index in [9.17, 15) is 10.2 Å². The van der Waals surface area contributed by atoms with Gasteiger partial charge in [-0.2, -0.15) is 0 Å². The summed E-state index contributed by atoms with van der Waals surface area (Å²) < 4.78 is 5.23. The zero-order valence-electron chi connectivity index (χ0n) is 7.95. The second-order valence-corrected chi connectivity index (χ2v) is 3.73. The van der Waals surface area contributed by atoms with Crippen molar-refractivity contribution in [3.8, 4) is 0 Å². The van der Waals surface area contributed by atoms with Crippen LogP contribution in [-0.4, -0.2) is 28.7 Å². The highest BCUT2D eigenvalue weighted by atomic mass is 16.6. The van der Waals surface area contributed by atoms with Gasteiger partial charge < -0.3 is 14.9 Å². The van der Waals surface area contributed by atoms with Gasteiger partial charge in [-0.15, -0.1) is 0 Å². The molecule has 0 aromatic carbocycles. The lowest BCUT2D eigenvalue weighted by Crippen LogP contribution is -2.37. The molecule has 1 saturated heterocycles. The lowest BCUT2D eigenvalue weighted by molar-refractivity contribution is -0.127. The SMILES string of the molecule is CCC1OC(O)[C@@H](O)[C@]1(C)CC. The lowest BCUT2D eigenvalue weighted by Gasteiger charge is -2.30. The first-order chi connectivity index (χ1) is 5.56. The third kappa shape index (κ3) is 1.26. The zero-order valence-corrected chi connectivity index (χ0v) is 7.95. The average molecular weight is 174 g/mol. The van der Waals surface area contributed by atoms with Crippen molar-refractivity contribution in [1.29, 1.82) is 0 Å². The first kappa shape index (κ1) is 9.96. The monoisotopic (exact) mass is 174 g/mol. The van der Waals surface area contributed by atoms with Gasteiger partial charge >= 0.3 is 0 Å². The summed E-state index contributed by atoms with van der Waals surface area (Å²) in [5.41, 5.74) is -0.284. The second kappa shape index (κ2) is 3.32. The number of ether oxygens (including phenoxy) is 1. The highest BCUT2D eigenvalue weighted by Crippen LogP contribution is 2.41. The number of aliphatic hydroxyl groups excluding tert-OH is 2. The van der Waals surface area contributed by atoms with Crippen molar-refractivity contribution in [3.05, 3.63) is 0 Å². The molecule has 1 aliphatic rings. The van der Waals surface area contributed by atoms with E-state index < -0.39 is 12.4 Å². The Labute approximate surface area is 73.4 Å². The van der Waals surface area contributed by atoms with Gasteiger partial charge in [0.1, 0.15) is 6.10 Å². The maximum absolute atomic E-state index is 9.64. The Hall–Kier alpha value is -0.120. The van der Waals surface area contributed by atoms with Crippen molar-refractivity contribution >= 4 is 0 Å². The van der Waals surface area contributed by atoms with E-state index in [-0.39, 0.29) is 11.5 Å². The van der Waals surface area contributed by atoms with E-state index in [4.69, 9.17) is 4.74 Å². The molecule has 72 valence electrons. The van der Waals surface area contributed by atoms with Gasteiger partial charge in [-0.3, -0.25) is 0 Å². The molecule has 1 rings (SSSR count). The molecule has 1 heterocycles. The molecule has 2 unspecified atom stereocenters. The normalized spacial score (nSPS) is 48.2. The van der Waals surface area contributed by atoms with Gasteiger partial charge in [0.05, 0.1) is 6.10 Å². The molecular formula is C9H18O3. The summed E-state index contributed by atoms with van der Waals surface area (Å²) in [4.78, 5) is 0. The molecule has 0 amide bonds. The summed E-state index contributed by atoms with van der Waals surface area (Å²) in [6.07, 6.45) is -0.109. The van der Waals surface area contributed by atoms with Gasteiger partial charge in [0.25, 0.3) is 0 Å². The molecule has 3 heteroatoms. The quantitative estimate of drug-likeness (QED) is 0.653. The molecule has 2 N–H and O–H groups in total. The minimum Gasteiger partial charge on any atom is -0.387 e. The minimum atomic E-state index is -1.00. The Bertz CT molecular complexity index is 160.